The molecule has 0 amide bonds. The van der Waals surface area contributed by atoms with Crippen molar-refractivity contribution in [3.8, 4) is 11.1 Å². The molecule has 0 aromatic heterocycles. The van der Waals surface area contributed by atoms with Gasteiger partial charge in [-0.2, -0.15) is 0 Å². The average molecular weight is 455 g/mol. The van der Waals surface area contributed by atoms with Crippen LogP contribution in [0.3, 0.4) is 0 Å². The lowest BCUT2D eigenvalue weighted by Crippen LogP contribution is -2.43. The van der Waals surface area contributed by atoms with Crippen molar-refractivity contribution in [3.63, 3.8) is 0 Å². The molecule has 2 rings (SSSR count). The molecule has 7 heteroatoms. The minimum absolute atomic E-state index is 0.0234. The van der Waals surface area contributed by atoms with Gasteiger partial charge in [-0.3, -0.25) is 9.59 Å². The predicted octanol–water partition coefficient (Wildman–Crippen LogP) is 4.74. The van der Waals surface area contributed by atoms with Crippen molar-refractivity contribution in [2.24, 2.45) is 5.41 Å². The summed E-state index contributed by atoms with van der Waals surface area (Å²) in [5.74, 6) is -1.32. The van der Waals surface area contributed by atoms with Crippen LogP contribution in [-0.2, 0) is 35.0 Å². The summed E-state index contributed by atoms with van der Waals surface area (Å²) in [6.07, 6.45) is 2.45. The molecule has 0 aliphatic carbocycles. The highest BCUT2D eigenvalue weighted by atomic mass is 16.7. The summed E-state index contributed by atoms with van der Waals surface area (Å²) in [4.78, 5) is 37.2. The van der Waals surface area contributed by atoms with E-state index < -0.39 is 23.5 Å². The van der Waals surface area contributed by atoms with Gasteiger partial charge in [0.2, 0.25) is 0 Å². The topological polar surface area (TPSA) is 88.1 Å². The number of allylic oxidation sites excluding steroid dienone is 1. The number of rotatable bonds is 11. The molecule has 0 bridgehead atoms. The fourth-order valence-electron chi connectivity index (χ4n) is 3.33. The Hall–Kier alpha value is -3.61. The van der Waals surface area contributed by atoms with E-state index in [0.29, 0.717) is 0 Å². The summed E-state index contributed by atoms with van der Waals surface area (Å²) >= 11 is 0. The second-order valence-corrected chi connectivity index (χ2v) is 7.20. The second kappa shape index (κ2) is 13.1. The Balaban J connectivity index is 2.31. The first kappa shape index (κ1) is 25.6. The summed E-state index contributed by atoms with van der Waals surface area (Å²) in [7, 11) is 1.21. The molecule has 0 aliphatic heterocycles. The first-order valence-electron chi connectivity index (χ1n) is 10.8. The maximum absolute atomic E-state index is 13.0. The fraction of sp³-hybridized carbons (Fsp3) is 0.346. The van der Waals surface area contributed by atoms with Crippen LogP contribution in [0.15, 0.2) is 66.7 Å². The van der Waals surface area contributed by atoms with Crippen molar-refractivity contribution in [1.82, 2.24) is 0 Å². The van der Waals surface area contributed by atoms with Crippen LogP contribution < -0.4 is 0 Å². The van der Waals surface area contributed by atoms with E-state index in [1.807, 2.05) is 54.6 Å². The van der Waals surface area contributed by atoms with E-state index in [1.54, 1.807) is 26.0 Å². The SMILES string of the molecule is CCOC(=O)C(C/C=C\COC(=O)OC)(Cc1ccc(-c2ccccc2)cc1)C(=O)OCC. The van der Waals surface area contributed by atoms with E-state index in [1.165, 1.54) is 7.11 Å². The summed E-state index contributed by atoms with van der Waals surface area (Å²) < 4.78 is 19.8. The molecular formula is C26H30O7. The van der Waals surface area contributed by atoms with Gasteiger partial charge in [-0.25, -0.2) is 4.79 Å². The zero-order valence-electron chi connectivity index (χ0n) is 19.2. The zero-order valence-corrected chi connectivity index (χ0v) is 19.2. The van der Waals surface area contributed by atoms with Gasteiger partial charge in [-0.05, 0) is 43.4 Å². The van der Waals surface area contributed by atoms with Crippen LogP contribution >= 0.6 is 0 Å². The summed E-state index contributed by atoms with van der Waals surface area (Å²) in [6.45, 7) is 3.56. The third-order valence-electron chi connectivity index (χ3n) is 5.00. The molecule has 0 spiro atoms. The number of hydrogen-bond donors (Lipinski definition) is 0. The third-order valence-corrected chi connectivity index (χ3v) is 5.00. The van der Waals surface area contributed by atoms with Crippen molar-refractivity contribution in [2.75, 3.05) is 26.9 Å². The molecule has 0 atom stereocenters. The molecule has 2 aromatic rings. The Morgan fingerprint density at radius 1 is 0.788 bits per heavy atom. The minimum atomic E-state index is -1.57. The van der Waals surface area contributed by atoms with Crippen LogP contribution in [0.1, 0.15) is 25.8 Å². The molecule has 0 unspecified atom stereocenters. The average Bonchev–Trinajstić information content (AvgIpc) is 2.84. The fourth-order valence-corrected chi connectivity index (χ4v) is 3.33. The zero-order chi connectivity index (χ0) is 24.1. The van der Waals surface area contributed by atoms with Crippen molar-refractivity contribution in [1.29, 1.82) is 0 Å². The lowest BCUT2D eigenvalue weighted by molar-refractivity contribution is -0.171. The van der Waals surface area contributed by atoms with Crippen molar-refractivity contribution in [2.45, 2.75) is 26.7 Å². The standard InChI is InChI=1S/C26H30O7/c1-4-31-23(27)26(24(28)32-5-2,17-9-10-18-33-25(29)30-3)19-20-13-15-22(16-14-20)21-11-7-6-8-12-21/h6-16H,4-5,17-19H2,1-3H3/b10-9-. The highest BCUT2D eigenvalue weighted by Gasteiger charge is 2.48. The molecule has 0 saturated carbocycles. The molecular weight excluding hydrogens is 424 g/mol. The first-order chi connectivity index (χ1) is 16.0. The van der Waals surface area contributed by atoms with E-state index in [0.717, 1.165) is 16.7 Å². The molecule has 0 heterocycles. The second-order valence-electron chi connectivity index (χ2n) is 7.20. The molecule has 0 saturated heterocycles. The van der Waals surface area contributed by atoms with Crippen molar-refractivity contribution >= 4 is 18.1 Å². The van der Waals surface area contributed by atoms with Gasteiger partial charge in [-0.15, -0.1) is 0 Å². The molecule has 176 valence electrons. The van der Waals surface area contributed by atoms with E-state index in [-0.39, 0.29) is 32.7 Å². The Labute approximate surface area is 194 Å². The number of ether oxygens (including phenoxy) is 4. The normalized spacial score (nSPS) is 11.1. The van der Waals surface area contributed by atoms with Gasteiger partial charge in [0.25, 0.3) is 0 Å². The Morgan fingerprint density at radius 3 is 1.91 bits per heavy atom. The maximum atomic E-state index is 13.0. The summed E-state index contributed by atoms with van der Waals surface area (Å²) in [5, 5.41) is 0. The number of methoxy groups -OCH3 is 1. The summed E-state index contributed by atoms with van der Waals surface area (Å²) in [5.41, 5.74) is 1.31. The highest BCUT2D eigenvalue weighted by molar-refractivity contribution is 6.00. The van der Waals surface area contributed by atoms with E-state index in [4.69, 9.17) is 14.2 Å². The molecule has 33 heavy (non-hydrogen) atoms. The largest absolute Gasteiger partial charge is 0.508 e. The lowest BCUT2D eigenvalue weighted by atomic mass is 9.78. The van der Waals surface area contributed by atoms with Crippen LogP contribution in [0.25, 0.3) is 11.1 Å². The first-order valence-corrected chi connectivity index (χ1v) is 10.8. The molecule has 0 aliphatic rings. The smallest absolute Gasteiger partial charge is 0.465 e. The van der Waals surface area contributed by atoms with Crippen molar-refractivity contribution < 1.29 is 33.3 Å². The van der Waals surface area contributed by atoms with Gasteiger partial charge in [0.05, 0.1) is 20.3 Å². The maximum Gasteiger partial charge on any atom is 0.508 e. The number of carbonyl (C=O) groups excluding carboxylic acids is 3. The lowest BCUT2D eigenvalue weighted by Gasteiger charge is -2.28. The van der Waals surface area contributed by atoms with Gasteiger partial charge in [-0.1, -0.05) is 66.7 Å². The number of carbonyl (C=O) groups is 3. The Kier molecular flexibility index (Phi) is 10.1. The monoisotopic (exact) mass is 454 g/mol. The molecule has 7 nitrogen and oxygen atoms in total. The van der Waals surface area contributed by atoms with Crippen molar-refractivity contribution in [3.05, 3.63) is 72.3 Å². The van der Waals surface area contributed by atoms with Crippen LogP contribution in [0, 0.1) is 5.41 Å². The molecule has 0 radical (unpaired) electrons. The van der Waals surface area contributed by atoms with Crippen LogP contribution in [0.4, 0.5) is 4.79 Å². The number of hydrogen-bond acceptors (Lipinski definition) is 7. The van der Waals surface area contributed by atoms with Gasteiger partial charge in [0, 0.05) is 0 Å². The molecule has 2 aromatic carbocycles. The Bertz CT molecular complexity index is 915. The molecule has 0 fully saturated rings. The van der Waals surface area contributed by atoms with E-state index >= 15 is 0 Å². The van der Waals surface area contributed by atoms with Crippen LogP contribution in [0.2, 0.25) is 0 Å². The quantitative estimate of drug-likeness (QED) is 0.210. The third kappa shape index (κ3) is 7.20. The van der Waals surface area contributed by atoms with E-state index in [2.05, 4.69) is 4.74 Å². The Morgan fingerprint density at radius 2 is 1.36 bits per heavy atom. The van der Waals surface area contributed by atoms with E-state index in [9.17, 15) is 14.4 Å². The van der Waals surface area contributed by atoms with Gasteiger partial charge >= 0.3 is 18.1 Å². The summed E-state index contributed by atoms with van der Waals surface area (Å²) in [6, 6.07) is 17.6. The highest BCUT2D eigenvalue weighted by Crippen LogP contribution is 2.33. The van der Waals surface area contributed by atoms with Gasteiger partial charge in [0.1, 0.15) is 6.61 Å². The van der Waals surface area contributed by atoms with Gasteiger partial charge < -0.3 is 18.9 Å². The number of benzene rings is 2. The number of esters is 2. The predicted molar refractivity (Wildman–Crippen MR) is 123 cm³/mol. The minimum Gasteiger partial charge on any atom is -0.465 e. The van der Waals surface area contributed by atoms with Crippen LogP contribution in [-0.4, -0.2) is 45.0 Å². The van der Waals surface area contributed by atoms with Gasteiger partial charge in [0.15, 0.2) is 5.41 Å². The van der Waals surface area contributed by atoms with Crippen LogP contribution in [0.5, 0.6) is 0 Å². The molecule has 0 N–H and O–H groups in total.